The van der Waals surface area contributed by atoms with Gasteiger partial charge in [-0.15, -0.1) is 10.2 Å². The molecular weight excluding hydrogens is 1760 g/mol. The Morgan fingerprint density at radius 1 is 0.148 bits per heavy atom. The Morgan fingerprint density at radius 2 is 0.373 bits per heavy atom. The number of aromatic nitrogens is 2. The van der Waals surface area contributed by atoms with E-state index in [9.17, 15) is 0 Å². The SMILES string of the molecule is c1ccc(N(c2ccccc2)c2ccc(-c3nnc(-c4ccc([Si](c5ccccc5)(c5ccccc5)c5ccc(-c6cccc7c(N(c8ccccc8)c8cc(N(c9ccccc9)c9cccc%10ccccc9%10)cc([Si](c9ccccc9)(c9ccccc9)c9cc(N(c%10ccccc%10)c%10cccc%11ccccc%10%11)cc(N(c%10ccccc%10)c%10cccc%11ccccc%10%11)c9)c8)cccc67)cc5)cc4)o3)cc2)cc1. The Hall–Kier alpha value is -18.3. The first-order valence-corrected chi connectivity index (χ1v) is 52.4. The van der Waals surface area contributed by atoms with Crippen molar-refractivity contribution in [3.63, 3.8) is 0 Å². The van der Waals surface area contributed by atoms with E-state index in [4.69, 9.17) is 9.52 Å². The van der Waals surface area contributed by atoms with Crippen molar-refractivity contribution in [3.8, 4) is 34.0 Å². The van der Waals surface area contributed by atoms with Gasteiger partial charge in [0.05, 0.1) is 22.7 Å². The summed E-state index contributed by atoms with van der Waals surface area (Å²) in [6.07, 6.45) is 0. The van der Waals surface area contributed by atoms with Gasteiger partial charge in [-0.05, 0) is 244 Å². The van der Waals surface area contributed by atoms with Gasteiger partial charge >= 0.3 is 0 Å². The molecule has 0 aliphatic heterocycles. The standard InChI is InChI=1S/C132H95N7OSi2/c1-11-48-102(49-12-1)135(103-50-13-2-14-51-103)108-84-78-100(79-85-108)131-133-134-132(140-131)101-82-88-118(89-83-101)141(113-60-23-7-24-61-113,114-62-25-8-26-63-114)117-86-80-99(81-87-117)121-71-40-73-126-125(121)72-41-77-130(126)139(107-58-21-6-22-59-107)112-91-111(138(106-56-19-5-20-57-106)129-76-39-47-98-44-33-36-70-124(98)129)94-120(95-112)142(115-64-27-9-28-65-115,116-66-29-10-30-67-116)119-92-109(136(104-52-15-3-16-53-104)127-74-37-45-96-42-31-34-68-122(96)127)90-110(93-119)137(105-54-17-4-18-55-105)128-75-38-46-97-43-32-35-69-123(97)128/h1-95H. The van der Waals surface area contributed by atoms with Crippen molar-refractivity contribution in [3.05, 3.63) is 576 Å². The average Bonchev–Trinajstić information content (AvgIpc) is 0.758. The highest BCUT2D eigenvalue weighted by Crippen LogP contribution is 2.49. The van der Waals surface area contributed by atoms with Gasteiger partial charge in [0.15, 0.2) is 16.1 Å². The number of fused-ring (bicyclic) bond motifs is 4. The lowest BCUT2D eigenvalue weighted by atomic mass is 9.96. The fourth-order valence-corrected chi connectivity index (χ4v) is 31.0. The third-order valence-electron chi connectivity index (χ3n) is 27.8. The Balaban J connectivity index is 0.700. The van der Waals surface area contributed by atoms with Crippen molar-refractivity contribution in [2.24, 2.45) is 0 Å². The van der Waals surface area contributed by atoms with Gasteiger partial charge in [0.1, 0.15) is 0 Å². The molecule has 24 rings (SSSR count). The molecule has 1 heterocycles. The van der Waals surface area contributed by atoms with E-state index in [2.05, 4.69) is 594 Å². The van der Waals surface area contributed by atoms with Gasteiger partial charge in [-0.2, -0.15) is 0 Å². The second-order valence-corrected chi connectivity index (χ2v) is 43.5. The van der Waals surface area contributed by atoms with Gasteiger partial charge in [0, 0.05) is 95.2 Å². The molecule has 0 N–H and O–H groups in total. The Labute approximate surface area is 829 Å². The van der Waals surface area contributed by atoms with Crippen LogP contribution in [-0.2, 0) is 0 Å². The van der Waals surface area contributed by atoms with E-state index in [1.54, 1.807) is 0 Å². The molecule has 0 unspecified atom stereocenters. The van der Waals surface area contributed by atoms with Crippen LogP contribution in [0, 0.1) is 0 Å². The van der Waals surface area contributed by atoms with Crippen LogP contribution in [0.3, 0.4) is 0 Å². The van der Waals surface area contributed by atoms with Crippen LogP contribution in [0.5, 0.6) is 0 Å². The second kappa shape index (κ2) is 38.3. The van der Waals surface area contributed by atoms with Crippen molar-refractivity contribution in [1.29, 1.82) is 0 Å². The van der Waals surface area contributed by atoms with E-state index in [1.807, 2.05) is 12.1 Å². The summed E-state index contributed by atoms with van der Waals surface area (Å²) >= 11 is 0. The Morgan fingerprint density at radius 3 is 0.704 bits per heavy atom. The Bertz CT molecular complexity index is 8300. The minimum Gasteiger partial charge on any atom is -0.416 e. The molecule has 0 spiro atoms. The molecule has 0 bridgehead atoms. The molecule has 8 nitrogen and oxygen atoms in total. The second-order valence-electron chi connectivity index (χ2n) is 35.9. The van der Waals surface area contributed by atoms with E-state index in [-0.39, 0.29) is 0 Å². The molecule has 10 heteroatoms. The van der Waals surface area contributed by atoms with Crippen LogP contribution in [0.4, 0.5) is 85.3 Å². The first kappa shape index (κ1) is 86.5. The third kappa shape index (κ3) is 16.1. The van der Waals surface area contributed by atoms with Crippen LogP contribution in [0.25, 0.3) is 77.1 Å². The zero-order valence-electron chi connectivity index (χ0n) is 77.9. The van der Waals surface area contributed by atoms with E-state index in [0.717, 1.165) is 156 Å². The molecule has 0 atom stereocenters. The van der Waals surface area contributed by atoms with E-state index in [1.165, 1.54) is 36.3 Å². The average molecular weight is 1850 g/mol. The summed E-state index contributed by atoms with van der Waals surface area (Å²) in [4.78, 5) is 12.3. The lowest BCUT2D eigenvalue weighted by Gasteiger charge is -2.39. The first-order valence-electron chi connectivity index (χ1n) is 48.4. The quantitative estimate of drug-likeness (QED) is 0.0393. The van der Waals surface area contributed by atoms with Crippen LogP contribution in [0.15, 0.2) is 581 Å². The molecule has 672 valence electrons. The fourth-order valence-electron chi connectivity index (χ4n) is 21.4. The van der Waals surface area contributed by atoms with Crippen molar-refractivity contribution < 1.29 is 4.42 Å². The zero-order chi connectivity index (χ0) is 94.5. The minimum absolute atomic E-state index is 0.446. The minimum atomic E-state index is -3.93. The Kier molecular flexibility index (Phi) is 23.4. The number of benzene rings is 23. The monoisotopic (exact) mass is 1850 g/mol. The lowest BCUT2D eigenvalue weighted by molar-refractivity contribution is 0.584. The van der Waals surface area contributed by atoms with Crippen molar-refractivity contribution in [2.45, 2.75) is 0 Å². The highest BCUT2D eigenvalue weighted by molar-refractivity contribution is 7.20. The maximum atomic E-state index is 6.62. The first-order chi connectivity index (χ1) is 70.4. The lowest BCUT2D eigenvalue weighted by Crippen LogP contribution is -2.74. The van der Waals surface area contributed by atoms with E-state index in [0.29, 0.717) is 11.8 Å². The fraction of sp³-hybridized carbons (Fsp3) is 0. The van der Waals surface area contributed by atoms with Gasteiger partial charge in [-0.25, -0.2) is 0 Å². The maximum absolute atomic E-state index is 6.62. The molecule has 1 aromatic heterocycles. The summed E-state index contributed by atoms with van der Waals surface area (Å²) in [6.45, 7) is 0. The van der Waals surface area contributed by atoms with Crippen molar-refractivity contribution in [1.82, 2.24) is 10.2 Å². The molecule has 23 aromatic carbocycles. The van der Waals surface area contributed by atoms with Gasteiger partial charge in [0.2, 0.25) is 11.8 Å². The largest absolute Gasteiger partial charge is 0.416 e. The molecule has 0 saturated heterocycles. The number of anilines is 15. The zero-order valence-corrected chi connectivity index (χ0v) is 79.9. The summed E-state index contributed by atoms with van der Waals surface area (Å²) in [5.74, 6) is 0.893. The number of hydrogen-bond donors (Lipinski definition) is 0. The summed E-state index contributed by atoms with van der Waals surface area (Å²) < 4.78 is 6.62. The van der Waals surface area contributed by atoms with Gasteiger partial charge < -0.3 is 28.9 Å². The summed E-state index contributed by atoms with van der Waals surface area (Å²) in [5.41, 5.74) is 19.2. The summed E-state index contributed by atoms with van der Waals surface area (Å²) in [7, 11) is -7.07. The van der Waals surface area contributed by atoms with Gasteiger partial charge in [-0.1, -0.05) is 406 Å². The highest BCUT2D eigenvalue weighted by atomic mass is 28.3. The van der Waals surface area contributed by atoms with Gasteiger partial charge in [-0.3, -0.25) is 0 Å². The molecule has 0 radical (unpaired) electrons. The molecular formula is C132H95N7OSi2. The summed E-state index contributed by atoms with van der Waals surface area (Å²) in [6, 6.07) is 212. The predicted molar refractivity (Wildman–Crippen MR) is 601 cm³/mol. The maximum Gasteiger partial charge on any atom is 0.248 e. The van der Waals surface area contributed by atoms with Crippen LogP contribution in [-0.4, -0.2) is 26.3 Å². The summed E-state index contributed by atoms with van der Waals surface area (Å²) in [5, 5.41) is 28.1. The highest BCUT2D eigenvalue weighted by Gasteiger charge is 2.45. The number of hydrogen-bond acceptors (Lipinski definition) is 8. The van der Waals surface area contributed by atoms with Crippen molar-refractivity contribution >= 4 is 186 Å². The van der Waals surface area contributed by atoms with E-state index < -0.39 is 16.1 Å². The van der Waals surface area contributed by atoms with Gasteiger partial charge in [0.25, 0.3) is 0 Å². The van der Waals surface area contributed by atoms with Crippen LogP contribution in [0.1, 0.15) is 0 Å². The smallest absolute Gasteiger partial charge is 0.248 e. The molecule has 0 amide bonds. The van der Waals surface area contributed by atoms with Crippen molar-refractivity contribution in [2.75, 3.05) is 24.5 Å². The number of nitrogens with zero attached hydrogens (tertiary/aromatic N) is 7. The topological polar surface area (TPSA) is 55.1 Å². The van der Waals surface area contributed by atoms with Crippen LogP contribution >= 0.6 is 0 Å². The molecule has 142 heavy (non-hydrogen) atoms. The molecule has 0 fully saturated rings. The molecule has 0 aliphatic rings. The molecule has 0 saturated carbocycles. The third-order valence-corrected chi connectivity index (χ3v) is 37.3. The number of para-hydroxylation sites is 6. The predicted octanol–water partition coefficient (Wildman–Crippen LogP) is 29.8. The van der Waals surface area contributed by atoms with Crippen LogP contribution in [0.2, 0.25) is 0 Å². The van der Waals surface area contributed by atoms with E-state index >= 15 is 0 Å². The number of rotatable bonds is 26. The molecule has 0 aliphatic carbocycles. The normalized spacial score (nSPS) is 11.5. The molecule has 24 aromatic rings. The van der Waals surface area contributed by atoms with Crippen LogP contribution < -0.4 is 66.0 Å².